The van der Waals surface area contributed by atoms with Crippen molar-refractivity contribution in [3.05, 3.63) is 64.1 Å². The summed E-state index contributed by atoms with van der Waals surface area (Å²) in [4.78, 5) is 36.3. The minimum Gasteiger partial charge on any atom is -0.312 e. The SMILES string of the molecule is CC(=O)[C@@H]1CC[C@@H](Cc2ccc(Br)cc2)C1.CC(=O)[C@@H]1CC[C@@H](Cc2ccc(N3CCCC3=O)cc2)C1. The Hall–Kier alpha value is -2.27. The predicted octanol–water partition coefficient (Wildman–Crippen LogP) is 7.36. The molecule has 0 radical (unpaired) electrons. The number of amides is 1. The van der Waals surface area contributed by atoms with Gasteiger partial charge in [-0.1, -0.05) is 40.2 Å². The van der Waals surface area contributed by atoms with E-state index in [-0.39, 0.29) is 11.8 Å². The number of hydrogen-bond acceptors (Lipinski definition) is 3. The second-order valence-corrected chi connectivity index (χ2v) is 12.2. The van der Waals surface area contributed by atoms with Gasteiger partial charge in [-0.05, 0) is 119 Å². The van der Waals surface area contributed by atoms with Crippen molar-refractivity contribution in [1.29, 1.82) is 0 Å². The minimum absolute atomic E-state index is 0.239. The number of carbonyl (C=O) groups is 3. The molecule has 2 aliphatic carbocycles. The highest BCUT2D eigenvalue weighted by Crippen LogP contribution is 2.35. The lowest BCUT2D eigenvalue weighted by atomic mass is 9.95. The predicted molar refractivity (Wildman–Crippen MR) is 153 cm³/mol. The van der Waals surface area contributed by atoms with E-state index in [4.69, 9.17) is 0 Å². The molecule has 1 aliphatic heterocycles. The zero-order valence-electron chi connectivity index (χ0n) is 22.3. The smallest absolute Gasteiger partial charge is 0.227 e. The normalized spacial score (nSPS) is 25.2. The summed E-state index contributed by atoms with van der Waals surface area (Å²) in [6.07, 6.45) is 10.5. The molecule has 0 bridgehead atoms. The van der Waals surface area contributed by atoms with Gasteiger partial charge >= 0.3 is 0 Å². The van der Waals surface area contributed by atoms with Crippen molar-refractivity contribution in [2.24, 2.45) is 23.7 Å². The molecule has 0 N–H and O–H groups in total. The molecule has 4 nitrogen and oxygen atoms in total. The summed E-state index contributed by atoms with van der Waals surface area (Å²) in [6.45, 7) is 4.29. The van der Waals surface area contributed by atoms with Crippen molar-refractivity contribution < 1.29 is 14.4 Å². The lowest BCUT2D eigenvalue weighted by molar-refractivity contribution is -0.121. The number of hydrogen-bond donors (Lipinski definition) is 0. The molecule has 3 fully saturated rings. The molecular formula is C32H40BrNO3. The van der Waals surface area contributed by atoms with Crippen molar-refractivity contribution in [1.82, 2.24) is 0 Å². The van der Waals surface area contributed by atoms with Gasteiger partial charge in [-0.25, -0.2) is 0 Å². The van der Waals surface area contributed by atoms with E-state index in [9.17, 15) is 14.4 Å². The zero-order valence-corrected chi connectivity index (χ0v) is 23.8. The average molecular weight is 567 g/mol. The Morgan fingerprint density at radius 1 is 0.784 bits per heavy atom. The van der Waals surface area contributed by atoms with Gasteiger partial charge in [0, 0.05) is 35.0 Å². The first kappa shape index (κ1) is 27.8. The van der Waals surface area contributed by atoms with Gasteiger partial charge in [0.2, 0.25) is 5.91 Å². The second kappa shape index (κ2) is 13.0. The lowest BCUT2D eigenvalue weighted by Gasteiger charge is -2.16. The van der Waals surface area contributed by atoms with E-state index in [0.29, 0.717) is 35.7 Å². The summed E-state index contributed by atoms with van der Waals surface area (Å²) in [5, 5.41) is 0. The highest BCUT2D eigenvalue weighted by Gasteiger charge is 2.28. The molecule has 2 saturated carbocycles. The molecule has 5 rings (SSSR count). The number of benzene rings is 2. The Morgan fingerprint density at radius 2 is 1.27 bits per heavy atom. The summed E-state index contributed by atoms with van der Waals surface area (Å²) in [7, 11) is 0. The van der Waals surface area contributed by atoms with Crippen LogP contribution in [0.3, 0.4) is 0 Å². The van der Waals surface area contributed by atoms with E-state index in [2.05, 4.69) is 64.5 Å². The van der Waals surface area contributed by atoms with Gasteiger partial charge < -0.3 is 4.90 Å². The third kappa shape index (κ3) is 7.86. The minimum atomic E-state index is 0.239. The van der Waals surface area contributed by atoms with Gasteiger partial charge in [-0.15, -0.1) is 0 Å². The summed E-state index contributed by atoms with van der Waals surface area (Å²) in [5.74, 6) is 2.92. The molecule has 5 heteroatoms. The van der Waals surface area contributed by atoms with Crippen molar-refractivity contribution in [2.45, 2.75) is 78.1 Å². The molecule has 2 aromatic carbocycles. The van der Waals surface area contributed by atoms with Crippen LogP contribution < -0.4 is 4.90 Å². The van der Waals surface area contributed by atoms with E-state index < -0.39 is 0 Å². The van der Waals surface area contributed by atoms with E-state index in [1.54, 1.807) is 13.8 Å². The molecule has 198 valence electrons. The number of nitrogens with zero attached hydrogens (tertiary/aromatic N) is 1. The Labute approximate surface area is 230 Å². The van der Waals surface area contributed by atoms with E-state index >= 15 is 0 Å². The molecule has 37 heavy (non-hydrogen) atoms. The van der Waals surface area contributed by atoms with Crippen LogP contribution in [0.15, 0.2) is 53.0 Å². The maximum absolute atomic E-state index is 11.7. The lowest BCUT2D eigenvalue weighted by Crippen LogP contribution is -2.23. The fourth-order valence-electron chi connectivity index (χ4n) is 6.28. The number of carbonyl (C=O) groups excluding carboxylic acids is 3. The maximum atomic E-state index is 11.7. The van der Waals surface area contributed by atoms with Crippen LogP contribution >= 0.6 is 15.9 Å². The number of rotatable bonds is 7. The van der Waals surface area contributed by atoms with E-state index in [1.165, 1.54) is 17.5 Å². The van der Waals surface area contributed by atoms with Crippen molar-refractivity contribution in [2.75, 3.05) is 11.4 Å². The Kier molecular flexibility index (Phi) is 9.75. The summed E-state index contributed by atoms with van der Waals surface area (Å²) in [6, 6.07) is 16.9. The fourth-order valence-corrected chi connectivity index (χ4v) is 6.54. The summed E-state index contributed by atoms with van der Waals surface area (Å²) in [5.41, 5.74) is 3.73. The zero-order chi connectivity index (χ0) is 26.4. The molecule has 2 aromatic rings. The van der Waals surface area contributed by atoms with Gasteiger partial charge in [-0.3, -0.25) is 14.4 Å². The van der Waals surface area contributed by atoms with E-state index in [0.717, 1.165) is 68.1 Å². The van der Waals surface area contributed by atoms with Crippen LogP contribution in [-0.2, 0) is 27.2 Å². The van der Waals surface area contributed by atoms with Crippen LogP contribution in [0.5, 0.6) is 0 Å². The van der Waals surface area contributed by atoms with Gasteiger partial charge in [0.15, 0.2) is 0 Å². The first-order valence-electron chi connectivity index (χ1n) is 13.9. The highest BCUT2D eigenvalue weighted by molar-refractivity contribution is 9.10. The molecule has 0 unspecified atom stereocenters. The molecule has 1 amide bonds. The summed E-state index contributed by atoms with van der Waals surface area (Å²) < 4.78 is 1.13. The molecule has 1 heterocycles. The van der Waals surface area contributed by atoms with Crippen LogP contribution in [0.25, 0.3) is 0 Å². The van der Waals surface area contributed by atoms with Gasteiger partial charge in [0.05, 0.1) is 0 Å². The molecule has 4 atom stereocenters. The largest absolute Gasteiger partial charge is 0.312 e. The Bertz CT molecular complexity index is 1080. The topological polar surface area (TPSA) is 54.5 Å². The Balaban J connectivity index is 0.000000180. The molecule has 0 aromatic heterocycles. The first-order chi connectivity index (χ1) is 17.8. The van der Waals surface area contributed by atoms with Crippen molar-refractivity contribution in [3.8, 4) is 0 Å². The monoisotopic (exact) mass is 565 g/mol. The van der Waals surface area contributed by atoms with E-state index in [1.807, 2.05) is 4.90 Å². The molecule has 3 aliphatic rings. The van der Waals surface area contributed by atoms with Crippen LogP contribution in [-0.4, -0.2) is 24.0 Å². The third-order valence-corrected chi connectivity index (χ3v) is 9.04. The second-order valence-electron chi connectivity index (χ2n) is 11.3. The average Bonchev–Trinajstić information content (AvgIpc) is 3.63. The Morgan fingerprint density at radius 3 is 1.68 bits per heavy atom. The van der Waals surface area contributed by atoms with Crippen molar-refractivity contribution >= 4 is 39.1 Å². The number of halogens is 1. The molecular weight excluding hydrogens is 526 g/mol. The standard InChI is InChI=1S/C18H23NO2.C14H17BrO/c1-13(20)16-7-4-15(12-16)11-14-5-8-17(9-6-14)19-10-2-3-18(19)21;1-10(16)13-5-2-12(9-13)8-11-3-6-14(15)7-4-11/h5-6,8-9,15-16H,2-4,7,10-12H2,1H3;3-4,6-7,12-13H,2,5,8-9H2,1H3/t15-,16+;12-,13+/m00/s1. The van der Waals surface area contributed by atoms with Crippen LogP contribution in [0, 0.1) is 23.7 Å². The maximum Gasteiger partial charge on any atom is 0.227 e. The number of anilines is 1. The third-order valence-electron chi connectivity index (χ3n) is 8.52. The first-order valence-corrected chi connectivity index (χ1v) is 14.7. The number of Topliss-reactive ketones (excluding diaryl/α,β-unsaturated/α-hetero) is 2. The molecule has 1 saturated heterocycles. The van der Waals surface area contributed by atoms with Gasteiger partial charge in [0.1, 0.15) is 11.6 Å². The van der Waals surface area contributed by atoms with Crippen molar-refractivity contribution in [3.63, 3.8) is 0 Å². The quantitative estimate of drug-likeness (QED) is 0.352. The summed E-state index contributed by atoms with van der Waals surface area (Å²) >= 11 is 3.44. The highest BCUT2D eigenvalue weighted by atomic mass is 79.9. The van der Waals surface area contributed by atoms with Gasteiger partial charge in [-0.2, -0.15) is 0 Å². The van der Waals surface area contributed by atoms with Crippen LogP contribution in [0.1, 0.15) is 76.3 Å². The molecule has 0 spiro atoms. The van der Waals surface area contributed by atoms with Gasteiger partial charge in [0.25, 0.3) is 0 Å². The fraction of sp³-hybridized carbons (Fsp3) is 0.531. The van der Waals surface area contributed by atoms with Crippen LogP contribution in [0.4, 0.5) is 5.69 Å². The number of ketones is 2. The van der Waals surface area contributed by atoms with Crippen LogP contribution in [0.2, 0.25) is 0 Å².